The molecule has 3 N–H and O–H groups in total. The summed E-state index contributed by atoms with van der Waals surface area (Å²) in [6.07, 6.45) is 1.92. The van der Waals surface area contributed by atoms with Crippen molar-refractivity contribution in [1.82, 2.24) is 14.8 Å². The van der Waals surface area contributed by atoms with Gasteiger partial charge in [0.05, 0.1) is 11.4 Å². The Balaban J connectivity index is 2.41. The Morgan fingerprint density at radius 1 is 1.40 bits per heavy atom. The zero-order valence-corrected chi connectivity index (χ0v) is 11.9. The van der Waals surface area contributed by atoms with Crippen LogP contribution in [0.25, 0.3) is 5.69 Å². The molecule has 0 fully saturated rings. The highest BCUT2D eigenvalue weighted by Gasteiger charge is 2.15. The predicted molar refractivity (Wildman–Crippen MR) is 78.1 cm³/mol. The summed E-state index contributed by atoms with van der Waals surface area (Å²) in [5.74, 6) is -0.708. The molecule has 6 nitrogen and oxygen atoms in total. The maximum atomic E-state index is 10.7. The largest absolute Gasteiger partial charge is 0.481 e. The van der Waals surface area contributed by atoms with E-state index in [1.54, 1.807) is 4.57 Å². The lowest BCUT2D eigenvalue weighted by atomic mass is 10.1. The smallest absolute Gasteiger partial charge is 0.313 e. The van der Waals surface area contributed by atoms with E-state index in [9.17, 15) is 4.79 Å². The second-order valence-corrected chi connectivity index (χ2v) is 5.18. The number of para-hydroxylation sites is 1. The van der Waals surface area contributed by atoms with Gasteiger partial charge >= 0.3 is 5.97 Å². The second-order valence-electron chi connectivity index (χ2n) is 4.24. The van der Waals surface area contributed by atoms with E-state index in [0.717, 1.165) is 35.9 Å². The molecule has 2 rings (SSSR count). The van der Waals surface area contributed by atoms with Crippen LogP contribution in [-0.2, 0) is 11.2 Å². The molecular weight excluding hydrogens is 276 g/mol. The first-order valence-electron chi connectivity index (χ1n) is 6.27. The van der Waals surface area contributed by atoms with Gasteiger partial charge in [0.15, 0.2) is 5.16 Å². The van der Waals surface area contributed by atoms with Crippen LogP contribution in [-0.4, -0.2) is 31.6 Å². The predicted octanol–water partition coefficient (Wildman–Crippen LogP) is 1.98. The molecule has 0 radical (unpaired) electrons. The van der Waals surface area contributed by atoms with Gasteiger partial charge in [-0.1, -0.05) is 43.3 Å². The minimum atomic E-state index is -0.898. The summed E-state index contributed by atoms with van der Waals surface area (Å²) in [5.41, 5.74) is 7.92. The van der Waals surface area contributed by atoms with E-state index in [-0.39, 0.29) is 11.7 Å². The summed E-state index contributed by atoms with van der Waals surface area (Å²) in [6.45, 7) is 2.10. The van der Waals surface area contributed by atoms with Crippen molar-refractivity contribution in [3.63, 3.8) is 0 Å². The van der Waals surface area contributed by atoms with Gasteiger partial charge in [0, 0.05) is 0 Å². The van der Waals surface area contributed by atoms with Gasteiger partial charge < -0.3 is 10.8 Å². The maximum Gasteiger partial charge on any atom is 0.313 e. The molecule has 20 heavy (non-hydrogen) atoms. The Bertz CT molecular complexity index is 612. The third-order valence-corrected chi connectivity index (χ3v) is 3.65. The summed E-state index contributed by atoms with van der Waals surface area (Å²) in [6, 6.07) is 7.86. The first-order valence-corrected chi connectivity index (χ1v) is 7.25. The summed E-state index contributed by atoms with van der Waals surface area (Å²) >= 11 is 1.11. The van der Waals surface area contributed by atoms with E-state index in [1.807, 2.05) is 24.3 Å². The molecule has 1 aromatic carbocycles. The quantitative estimate of drug-likeness (QED) is 0.791. The van der Waals surface area contributed by atoms with Crippen molar-refractivity contribution in [2.24, 2.45) is 0 Å². The Labute approximate surface area is 121 Å². The number of aliphatic carboxylic acids is 1. The molecule has 0 amide bonds. The molecule has 0 saturated heterocycles. The number of carbonyl (C=O) groups is 1. The third-order valence-electron chi connectivity index (χ3n) is 2.73. The lowest BCUT2D eigenvalue weighted by molar-refractivity contribution is -0.133. The van der Waals surface area contributed by atoms with E-state index < -0.39 is 5.97 Å². The zero-order valence-electron chi connectivity index (χ0n) is 11.1. The van der Waals surface area contributed by atoms with Crippen LogP contribution in [0.3, 0.4) is 0 Å². The van der Waals surface area contributed by atoms with E-state index in [1.165, 1.54) is 0 Å². The van der Waals surface area contributed by atoms with Crippen molar-refractivity contribution >= 4 is 23.7 Å². The van der Waals surface area contributed by atoms with Crippen LogP contribution >= 0.6 is 11.8 Å². The summed E-state index contributed by atoms with van der Waals surface area (Å²) < 4.78 is 1.71. The van der Waals surface area contributed by atoms with Crippen LogP contribution in [0.4, 0.5) is 5.95 Å². The Morgan fingerprint density at radius 2 is 2.15 bits per heavy atom. The number of nitrogens with zero attached hydrogens (tertiary/aromatic N) is 3. The summed E-state index contributed by atoms with van der Waals surface area (Å²) in [4.78, 5) is 10.7. The van der Waals surface area contributed by atoms with Crippen molar-refractivity contribution < 1.29 is 9.90 Å². The molecule has 0 aliphatic carbocycles. The average molecular weight is 292 g/mol. The van der Waals surface area contributed by atoms with Crippen LogP contribution < -0.4 is 5.73 Å². The molecule has 0 spiro atoms. The first-order chi connectivity index (χ1) is 9.63. The molecule has 0 bridgehead atoms. The van der Waals surface area contributed by atoms with Crippen molar-refractivity contribution in [2.45, 2.75) is 24.9 Å². The van der Waals surface area contributed by atoms with Crippen molar-refractivity contribution in [2.75, 3.05) is 11.5 Å². The Hall–Kier alpha value is -2.02. The van der Waals surface area contributed by atoms with Crippen LogP contribution in [0.2, 0.25) is 0 Å². The van der Waals surface area contributed by atoms with Gasteiger partial charge in [0.2, 0.25) is 5.95 Å². The van der Waals surface area contributed by atoms with Gasteiger partial charge in [-0.2, -0.15) is 0 Å². The number of thioether (sulfide) groups is 1. The molecule has 1 aromatic heterocycles. The van der Waals surface area contributed by atoms with Crippen molar-refractivity contribution in [1.29, 1.82) is 0 Å². The number of anilines is 1. The zero-order chi connectivity index (χ0) is 14.5. The van der Waals surface area contributed by atoms with E-state index in [2.05, 4.69) is 17.1 Å². The fraction of sp³-hybridized carbons (Fsp3) is 0.308. The first kappa shape index (κ1) is 14.4. The monoisotopic (exact) mass is 292 g/mol. The molecule has 0 atom stereocenters. The second kappa shape index (κ2) is 6.42. The topological polar surface area (TPSA) is 94.0 Å². The number of hydrogen-bond acceptors (Lipinski definition) is 5. The van der Waals surface area contributed by atoms with E-state index >= 15 is 0 Å². The minimum absolute atomic E-state index is 0.0753. The van der Waals surface area contributed by atoms with E-state index in [4.69, 9.17) is 10.8 Å². The lowest BCUT2D eigenvalue weighted by Gasteiger charge is -2.12. The number of nitrogen functional groups attached to an aromatic ring is 1. The highest BCUT2D eigenvalue weighted by molar-refractivity contribution is 7.99. The molecule has 1 heterocycles. The van der Waals surface area contributed by atoms with Crippen LogP contribution in [0.1, 0.15) is 18.9 Å². The highest BCUT2D eigenvalue weighted by Crippen LogP contribution is 2.25. The number of aryl methyl sites for hydroxylation is 1. The number of aromatic nitrogens is 3. The summed E-state index contributed by atoms with van der Waals surface area (Å²) in [5, 5.41) is 17.1. The van der Waals surface area contributed by atoms with Crippen LogP contribution in [0.5, 0.6) is 0 Å². The Kier molecular flexibility index (Phi) is 4.62. The van der Waals surface area contributed by atoms with E-state index in [0.29, 0.717) is 5.16 Å². The summed E-state index contributed by atoms with van der Waals surface area (Å²) in [7, 11) is 0. The molecule has 0 unspecified atom stereocenters. The number of rotatable bonds is 6. The number of carboxylic acids is 1. The van der Waals surface area contributed by atoms with Crippen molar-refractivity contribution in [3.8, 4) is 5.69 Å². The normalized spacial score (nSPS) is 10.7. The number of hydrogen-bond donors (Lipinski definition) is 2. The lowest BCUT2D eigenvalue weighted by Crippen LogP contribution is -2.07. The molecular formula is C13H16N4O2S. The number of carboxylic acid groups (broad SMARTS) is 1. The van der Waals surface area contributed by atoms with Gasteiger partial charge in [-0.15, -0.1) is 10.2 Å². The highest BCUT2D eigenvalue weighted by atomic mass is 32.2. The minimum Gasteiger partial charge on any atom is -0.481 e. The molecule has 0 saturated carbocycles. The van der Waals surface area contributed by atoms with Crippen molar-refractivity contribution in [3.05, 3.63) is 29.8 Å². The van der Waals surface area contributed by atoms with Gasteiger partial charge in [0.25, 0.3) is 0 Å². The molecule has 106 valence electrons. The molecule has 0 aliphatic heterocycles. The third kappa shape index (κ3) is 3.11. The fourth-order valence-corrected chi connectivity index (χ4v) is 2.61. The van der Waals surface area contributed by atoms with Crippen LogP contribution in [0.15, 0.2) is 29.4 Å². The van der Waals surface area contributed by atoms with Gasteiger partial charge in [-0.05, 0) is 18.1 Å². The van der Waals surface area contributed by atoms with Gasteiger partial charge in [-0.3, -0.25) is 9.36 Å². The van der Waals surface area contributed by atoms with Crippen LogP contribution in [0, 0.1) is 0 Å². The fourth-order valence-electron chi connectivity index (χ4n) is 1.94. The standard InChI is InChI=1S/C13H16N4O2S/c1-2-5-9-6-3-4-7-10(9)17-12(14)15-16-13(17)20-8-11(18)19/h3-4,6-7H,2,5,8H2,1H3,(H2,14,15)(H,18,19). The average Bonchev–Trinajstić information content (AvgIpc) is 2.79. The Morgan fingerprint density at radius 3 is 2.85 bits per heavy atom. The molecule has 7 heteroatoms. The number of benzene rings is 1. The SMILES string of the molecule is CCCc1ccccc1-n1c(N)nnc1SCC(=O)O. The number of nitrogens with two attached hydrogens (primary N) is 1. The molecule has 0 aliphatic rings. The molecule has 2 aromatic rings. The van der Waals surface area contributed by atoms with Gasteiger partial charge in [-0.25, -0.2) is 0 Å². The van der Waals surface area contributed by atoms with Gasteiger partial charge in [0.1, 0.15) is 0 Å². The maximum absolute atomic E-state index is 10.7.